The normalized spacial score (nSPS) is 11.3. The molecule has 0 saturated carbocycles. The molecular weight excluding hydrogens is 362 g/mol. The first-order valence-corrected chi connectivity index (χ1v) is 8.95. The van der Waals surface area contributed by atoms with E-state index in [1.807, 2.05) is 35.8 Å². The van der Waals surface area contributed by atoms with Crippen molar-refractivity contribution in [2.45, 2.75) is 26.8 Å². The topological polar surface area (TPSA) is 81.4 Å². The van der Waals surface area contributed by atoms with Crippen LogP contribution >= 0.6 is 11.6 Å². The number of rotatable bonds is 4. The van der Waals surface area contributed by atoms with Crippen molar-refractivity contribution in [2.24, 2.45) is 0 Å². The Morgan fingerprint density at radius 2 is 1.85 bits per heavy atom. The highest BCUT2D eigenvalue weighted by molar-refractivity contribution is 6.28. The summed E-state index contributed by atoms with van der Waals surface area (Å²) in [6.45, 7) is 6.09. The average molecular weight is 380 g/mol. The van der Waals surface area contributed by atoms with Crippen LogP contribution in [-0.4, -0.2) is 29.5 Å². The number of fused-ring (bicyclic) bond motifs is 1. The Bertz CT molecular complexity index is 1100. The van der Waals surface area contributed by atoms with Gasteiger partial charge in [-0.3, -0.25) is 0 Å². The molecule has 136 valence electrons. The third kappa shape index (κ3) is 3.46. The third-order valence-electron chi connectivity index (χ3n) is 4.11. The lowest BCUT2D eigenvalue weighted by molar-refractivity contribution is 0.612. The van der Waals surface area contributed by atoms with Crippen molar-refractivity contribution < 1.29 is 0 Å². The van der Waals surface area contributed by atoms with Gasteiger partial charge in [0, 0.05) is 29.7 Å². The first-order chi connectivity index (χ1) is 13.0. The number of aromatic nitrogens is 6. The van der Waals surface area contributed by atoms with Crippen molar-refractivity contribution in [3.63, 3.8) is 0 Å². The van der Waals surface area contributed by atoms with Crippen LogP contribution in [0, 0.1) is 6.92 Å². The summed E-state index contributed by atoms with van der Waals surface area (Å²) in [5.41, 5.74) is 4.14. The van der Waals surface area contributed by atoms with Crippen LogP contribution in [-0.2, 0) is 0 Å². The monoisotopic (exact) mass is 379 g/mol. The van der Waals surface area contributed by atoms with Gasteiger partial charge in [-0.05, 0) is 50.1 Å². The molecule has 1 N–H and O–H groups in total. The molecule has 3 heterocycles. The Balaban J connectivity index is 1.72. The van der Waals surface area contributed by atoms with Crippen LogP contribution in [0.25, 0.3) is 22.6 Å². The number of aryl methyl sites for hydroxylation is 1. The van der Waals surface area contributed by atoms with Gasteiger partial charge >= 0.3 is 0 Å². The quantitative estimate of drug-likeness (QED) is 0.523. The summed E-state index contributed by atoms with van der Waals surface area (Å²) in [6.07, 6.45) is 5.35. The third-order valence-corrected chi connectivity index (χ3v) is 4.28. The zero-order valence-electron chi connectivity index (χ0n) is 15.2. The molecule has 0 aliphatic heterocycles. The number of halogens is 1. The maximum atomic E-state index is 6.14. The molecule has 0 unspecified atom stereocenters. The van der Waals surface area contributed by atoms with E-state index in [0.717, 1.165) is 16.8 Å². The molecule has 7 nitrogen and oxygen atoms in total. The molecule has 0 radical (unpaired) electrons. The highest BCUT2D eigenvalue weighted by Gasteiger charge is 2.14. The Labute approximate surface area is 161 Å². The minimum Gasteiger partial charge on any atom is -0.338 e. The molecule has 4 aromatic rings. The summed E-state index contributed by atoms with van der Waals surface area (Å²) in [5, 5.41) is 3.47. The summed E-state index contributed by atoms with van der Waals surface area (Å²) >= 11 is 6.14. The van der Waals surface area contributed by atoms with Crippen LogP contribution in [0.15, 0.2) is 43.0 Å². The summed E-state index contributed by atoms with van der Waals surface area (Å²) < 4.78 is 1.96. The number of anilines is 2. The molecule has 0 atom stereocenters. The van der Waals surface area contributed by atoms with Crippen molar-refractivity contribution in [2.75, 3.05) is 5.32 Å². The number of benzene rings is 1. The molecule has 3 aromatic heterocycles. The van der Waals surface area contributed by atoms with Crippen molar-refractivity contribution in [3.05, 3.63) is 53.8 Å². The highest BCUT2D eigenvalue weighted by Crippen LogP contribution is 2.27. The van der Waals surface area contributed by atoms with Crippen molar-refractivity contribution >= 4 is 34.3 Å². The Morgan fingerprint density at radius 3 is 2.59 bits per heavy atom. The van der Waals surface area contributed by atoms with E-state index in [4.69, 9.17) is 11.6 Å². The van der Waals surface area contributed by atoms with E-state index in [1.165, 1.54) is 0 Å². The lowest BCUT2D eigenvalue weighted by Crippen LogP contribution is -2.02. The number of hydrogen-bond acceptors (Lipinski definition) is 6. The van der Waals surface area contributed by atoms with E-state index in [1.54, 1.807) is 18.7 Å². The van der Waals surface area contributed by atoms with Gasteiger partial charge in [0.05, 0.1) is 6.33 Å². The van der Waals surface area contributed by atoms with Crippen LogP contribution < -0.4 is 5.32 Å². The van der Waals surface area contributed by atoms with Gasteiger partial charge in [0.2, 0.25) is 5.28 Å². The zero-order chi connectivity index (χ0) is 19.0. The lowest BCUT2D eigenvalue weighted by atomic mass is 10.2. The number of nitrogens with zero attached hydrogens (tertiary/aromatic N) is 6. The minimum absolute atomic E-state index is 0.172. The largest absolute Gasteiger partial charge is 0.338 e. The highest BCUT2D eigenvalue weighted by atomic mass is 35.5. The Kier molecular flexibility index (Phi) is 4.45. The van der Waals surface area contributed by atoms with Crippen LogP contribution in [0.3, 0.4) is 0 Å². The van der Waals surface area contributed by atoms with Crippen molar-refractivity contribution in [1.82, 2.24) is 29.5 Å². The SMILES string of the molecule is Cc1cnc(-c2cccc(Nc3nc(Cl)nc4c3ncn4C(C)C)c2)nc1. The molecule has 0 aliphatic rings. The fraction of sp³-hybridized carbons (Fsp3) is 0.211. The first-order valence-electron chi connectivity index (χ1n) is 8.57. The van der Waals surface area contributed by atoms with Gasteiger partial charge in [-0.1, -0.05) is 12.1 Å². The fourth-order valence-electron chi connectivity index (χ4n) is 2.77. The van der Waals surface area contributed by atoms with Gasteiger partial charge in [-0.15, -0.1) is 0 Å². The van der Waals surface area contributed by atoms with E-state index >= 15 is 0 Å². The van der Waals surface area contributed by atoms with Gasteiger partial charge in [-0.2, -0.15) is 9.97 Å². The van der Waals surface area contributed by atoms with E-state index in [9.17, 15) is 0 Å². The van der Waals surface area contributed by atoms with Crippen LogP contribution in [0.4, 0.5) is 11.5 Å². The van der Waals surface area contributed by atoms with Crippen LogP contribution in [0.5, 0.6) is 0 Å². The predicted octanol–water partition coefficient (Wildman–Crippen LogP) is 4.57. The second-order valence-electron chi connectivity index (χ2n) is 6.55. The molecule has 0 aliphatic carbocycles. The van der Waals surface area contributed by atoms with Gasteiger partial charge in [0.25, 0.3) is 0 Å². The molecule has 0 saturated heterocycles. The van der Waals surface area contributed by atoms with Crippen molar-refractivity contribution in [1.29, 1.82) is 0 Å². The molecular formula is C19H18ClN7. The Hall–Kier alpha value is -3.06. The molecule has 1 aromatic carbocycles. The first kappa shape index (κ1) is 17.4. The smallest absolute Gasteiger partial charge is 0.226 e. The summed E-state index contributed by atoms with van der Waals surface area (Å²) in [6, 6.07) is 8.03. The molecule has 0 fully saturated rings. The Morgan fingerprint density at radius 1 is 1.07 bits per heavy atom. The van der Waals surface area contributed by atoms with E-state index in [2.05, 4.69) is 44.1 Å². The van der Waals surface area contributed by atoms with Gasteiger partial charge in [0.15, 0.2) is 22.8 Å². The second kappa shape index (κ2) is 6.92. The van der Waals surface area contributed by atoms with E-state index < -0.39 is 0 Å². The average Bonchev–Trinajstić information content (AvgIpc) is 3.07. The number of hydrogen-bond donors (Lipinski definition) is 1. The molecule has 0 bridgehead atoms. The standard InChI is InChI=1S/C19H18ClN7/c1-11(2)27-10-23-15-17(25-19(20)26-18(15)27)24-14-6-4-5-13(7-14)16-21-8-12(3)9-22-16/h4-11H,1-3H3,(H,24,25,26). The predicted molar refractivity (Wildman–Crippen MR) is 106 cm³/mol. The van der Waals surface area contributed by atoms with Gasteiger partial charge < -0.3 is 9.88 Å². The molecule has 0 amide bonds. The van der Waals surface area contributed by atoms with E-state index in [0.29, 0.717) is 22.8 Å². The number of imidazole rings is 1. The maximum Gasteiger partial charge on any atom is 0.226 e. The summed E-state index contributed by atoms with van der Waals surface area (Å²) in [4.78, 5) is 21.9. The van der Waals surface area contributed by atoms with Crippen molar-refractivity contribution in [3.8, 4) is 11.4 Å². The summed E-state index contributed by atoms with van der Waals surface area (Å²) in [5.74, 6) is 1.23. The van der Waals surface area contributed by atoms with Gasteiger partial charge in [0.1, 0.15) is 0 Å². The maximum absolute atomic E-state index is 6.14. The number of nitrogens with one attached hydrogen (secondary N) is 1. The minimum atomic E-state index is 0.172. The zero-order valence-corrected chi connectivity index (χ0v) is 15.9. The molecule has 27 heavy (non-hydrogen) atoms. The molecule has 0 spiro atoms. The summed E-state index contributed by atoms with van der Waals surface area (Å²) in [7, 11) is 0. The molecule has 8 heteroatoms. The fourth-order valence-corrected chi connectivity index (χ4v) is 2.93. The van der Waals surface area contributed by atoms with Gasteiger partial charge in [-0.25, -0.2) is 15.0 Å². The van der Waals surface area contributed by atoms with Crippen LogP contribution in [0.2, 0.25) is 5.28 Å². The van der Waals surface area contributed by atoms with E-state index in [-0.39, 0.29) is 11.3 Å². The lowest BCUT2D eigenvalue weighted by Gasteiger charge is -2.10. The molecule has 4 rings (SSSR count). The second-order valence-corrected chi connectivity index (χ2v) is 6.89. The van der Waals surface area contributed by atoms with Crippen LogP contribution in [0.1, 0.15) is 25.5 Å².